The molecular weight excluding hydrogens is 312 g/mol. The first-order valence-electron chi connectivity index (χ1n) is 8.54. The number of fused-ring (bicyclic) bond motifs is 1. The van der Waals surface area contributed by atoms with Crippen LogP contribution in [-0.4, -0.2) is 20.9 Å². The smallest absolute Gasteiger partial charge is 0.253 e. The Bertz CT molecular complexity index is 891. The number of hydrogen-bond acceptors (Lipinski definition) is 4. The molecule has 0 aliphatic rings. The fraction of sp³-hybridized carbons (Fsp3) is 0.300. The van der Waals surface area contributed by atoms with Gasteiger partial charge in [0.2, 0.25) is 0 Å². The molecule has 1 amide bonds. The van der Waals surface area contributed by atoms with Crippen LogP contribution in [0.2, 0.25) is 0 Å². The standard InChI is InChI=1S/C20H22N4O/c1-4-14-9-17-16(13(2)3)5-6-23-19(17)18(10-14)20(25)24-12-15-11-21-7-8-22-15/h5-11,13H,4,12H2,1-3H3,(H,24,25). The predicted molar refractivity (Wildman–Crippen MR) is 98.4 cm³/mol. The lowest BCUT2D eigenvalue weighted by Crippen LogP contribution is -2.24. The number of aryl methyl sites for hydroxylation is 1. The summed E-state index contributed by atoms with van der Waals surface area (Å²) in [7, 11) is 0. The van der Waals surface area contributed by atoms with Crippen molar-refractivity contribution in [1.29, 1.82) is 0 Å². The van der Waals surface area contributed by atoms with Crippen LogP contribution in [0.4, 0.5) is 0 Å². The molecule has 0 radical (unpaired) electrons. The van der Waals surface area contributed by atoms with E-state index in [0.29, 0.717) is 18.0 Å². The van der Waals surface area contributed by atoms with Gasteiger partial charge in [0.15, 0.2) is 0 Å². The van der Waals surface area contributed by atoms with E-state index in [1.807, 2.05) is 12.1 Å². The van der Waals surface area contributed by atoms with Gasteiger partial charge in [-0.05, 0) is 41.7 Å². The van der Waals surface area contributed by atoms with E-state index in [1.165, 1.54) is 5.56 Å². The molecule has 3 aromatic rings. The summed E-state index contributed by atoms with van der Waals surface area (Å²) in [5, 5.41) is 3.98. The van der Waals surface area contributed by atoms with Gasteiger partial charge in [-0.3, -0.25) is 19.7 Å². The van der Waals surface area contributed by atoms with Gasteiger partial charge in [0.1, 0.15) is 0 Å². The van der Waals surface area contributed by atoms with Gasteiger partial charge in [-0.15, -0.1) is 0 Å². The average Bonchev–Trinajstić information content (AvgIpc) is 2.65. The van der Waals surface area contributed by atoms with E-state index in [-0.39, 0.29) is 5.91 Å². The molecule has 2 heterocycles. The van der Waals surface area contributed by atoms with Gasteiger partial charge in [0.25, 0.3) is 5.91 Å². The van der Waals surface area contributed by atoms with Crippen molar-refractivity contribution in [2.75, 3.05) is 0 Å². The van der Waals surface area contributed by atoms with E-state index in [2.05, 4.69) is 47.1 Å². The second-order valence-corrected chi connectivity index (χ2v) is 6.33. The summed E-state index contributed by atoms with van der Waals surface area (Å²) in [5.74, 6) is 0.229. The third-order valence-electron chi connectivity index (χ3n) is 4.26. The third kappa shape index (κ3) is 3.65. The molecule has 3 rings (SSSR count). The Morgan fingerprint density at radius 3 is 2.68 bits per heavy atom. The van der Waals surface area contributed by atoms with Crippen LogP contribution in [0.15, 0.2) is 43.0 Å². The first kappa shape index (κ1) is 17.0. The number of aromatic nitrogens is 3. The molecule has 0 saturated carbocycles. The van der Waals surface area contributed by atoms with Gasteiger partial charge < -0.3 is 5.32 Å². The fourth-order valence-electron chi connectivity index (χ4n) is 2.90. The van der Waals surface area contributed by atoms with Crippen LogP contribution in [0, 0.1) is 0 Å². The van der Waals surface area contributed by atoms with E-state index < -0.39 is 0 Å². The fourth-order valence-corrected chi connectivity index (χ4v) is 2.90. The summed E-state index contributed by atoms with van der Waals surface area (Å²) in [5.41, 5.74) is 4.43. The molecule has 2 aromatic heterocycles. The first-order valence-corrected chi connectivity index (χ1v) is 8.54. The minimum absolute atomic E-state index is 0.139. The Balaban J connectivity index is 1.99. The number of nitrogens with zero attached hydrogens (tertiary/aromatic N) is 3. The van der Waals surface area contributed by atoms with Crippen LogP contribution in [-0.2, 0) is 13.0 Å². The molecule has 0 aliphatic carbocycles. The molecule has 0 saturated heterocycles. The maximum Gasteiger partial charge on any atom is 0.253 e. The van der Waals surface area contributed by atoms with Crippen molar-refractivity contribution >= 4 is 16.8 Å². The highest BCUT2D eigenvalue weighted by Crippen LogP contribution is 2.27. The average molecular weight is 334 g/mol. The summed E-state index contributed by atoms with van der Waals surface area (Å²) >= 11 is 0. The maximum absolute atomic E-state index is 12.8. The maximum atomic E-state index is 12.8. The number of pyridine rings is 1. The van der Waals surface area contributed by atoms with E-state index in [1.54, 1.807) is 24.8 Å². The molecule has 0 fully saturated rings. The number of hydrogen-bond donors (Lipinski definition) is 1. The molecule has 25 heavy (non-hydrogen) atoms. The topological polar surface area (TPSA) is 67.8 Å². The van der Waals surface area contributed by atoms with Crippen molar-refractivity contribution in [1.82, 2.24) is 20.3 Å². The molecule has 5 nitrogen and oxygen atoms in total. The Morgan fingerprint density at radius 2 is 2.00 bits per heavy atom. The van der Waals surface area contributed by atoms with Gasteiger partial charge in [0, 0.05) is 24.0 Å². The van der Waals surface area contributed by atoms with Crippen molar-refractivity contribution in [3.8, 4) is 0 Å². The largest absolute Gasteiger partial charge is 0.346 e. The molecule has 128 valence electrons. The predicted octanol–water partition coefficient (Wildman–Crippen LogP) is 3.64. The van der Waals surface area contributed by atoms with Crippen molar-refractivity contribution in [3.63, 3.8) is 0 Å². The van der Waals surface area contributed by atoms with Crippen LogP contribution in [0.25, 0.3) is 10.9 Å². The highest BCUT2D eigenvalue weighted by atomic mass is 16.1. The van der Waals surface area contributed by atoms with Gasteiger partial charge in [0.05, 0.1) is 29.5 Å². The molecule has 0 aliphatic heterocycles. The molecule has 0 unspecified atom stereocenters. The van der Waals surface area contributed by atoms with Crippen LogP contribution in [0.1, 0.15) is 53.9 Å². The molecular formula is C20H22N4O. The van der Waals surface area contributed by atoms with E-state index in [0.717, 1.165) is 28.6 Å². The number of nitrogens with one attached hydrogen (secondary N) is 1. The molecule has 5 heteroatoms. The van der Waals surface area contributed by atoms with Crippen molar-refractivity contribution < 1.29 is 4.79 Å². The quantitative estimate of drug-likeness (QED) is 0.773. The van der Waals surface area contributed by atoms with Gasteiger partial charge in [-0.2, -0.15) is 0 Å². The second kappa shape index (κ2) is 7.38. The van der Waals surface area contributed by atoms with E-state index in [9.17, 15) is 4.79 Å². The zero-order chi connectivity index (χ0) is 17.8. The zero-order valence-electron chi connectivity index (χ0n) is 14.8. The molecule has 1 N–H and O–H groups in total. The zero-order valence-corrected chi connectivity index (χ0v) is 14.8. The summed E-state index contributed by atoms with van der Waals surface area (Å²) in [6, 6.07) is 6.12. The summed E-state index contributed by atoms with van der Waals surface area (Å²) in [6.45, 7) is 6.74. The number of amides is 1. The molecule has 0 spiro atoms. The lowest BCUT2D eigenvalue weighted by atomic mass is 9.94. The minimum Gasteiger partial charge on any atom is -0.346 e. The second-order valence-electron chi connectivity index (χ2n) is 6.33. The molecule has 0 atom stereocenters. The SMILES string of the molecule is CCc1cc(C(=O)NCc2cnccn2)c2nccc(C(C)C)c2c1. The monoisotopic (exact) mass is 334 g/mol. The molecule has 1 aromatic carbocycles. The Morgan fingerprint density at radius 1 is 1.16 bits per heavy atom. The van der Waals surface area contributed by atoms with Crippen molar-refractivity contribution in [3.05, 3.63) is 65.4 Å². The number of carbonyl (C=O) groups excluding carboxylic acids is 1. The van der Waals surface area contributed by atoms with Crippen molar-refractivity contribution in [2.45, 2.75) is 39.7 Å². The van der Waals surface area contributed by atoms with E-state index in [4.69, 9.17) is 0 Å². The van der Waals surface area contributed by atoms with Crippen LogP contribution >= 0.6 is 0 Å². The lowest BCUT2D eigenvalue weighted by molar-refractivity contribution is 0.0952. The highest BCUT2D eigenvalue weighted by molar-refractivity contribution is 6.06. The summed E-state index contributed by atoms with van der Waals surface area (Å²) in [4.78, 5) is 25.5. The van der Waals surface area contributed by atoms with Crippen LogP contribution < -0.4 is 5.32 Å². The first-order chi connectivity index (χ1) is 12.1. The van der Waals surface area contributed by atoms with Crippen molar-refractivity contribution in [2.24, 2.45) is 0 Å². The lowest BCUT2D eigenvalue weighted by Gasteiger charge is -2.14. The Labute approximate surface area is 147 Å². The third-order valence-corrected chi connectivity index (χ3v) is 4.26. The number of carbonyl (C=O) groups is 1. The van der Waals surface area contributed by atoms with Gasteiger partial charge in [-0.25, -0.2) is 0 Å². The molecule has 0 bridgehead atoms. The van der Waals surface area contributed by atoms with Crippen LogP contribution in [0.3, 0.4) is 0 Å². The Hall–Kier alpha value is -2.82. The van der Waals surface area contributed by atoms with Crippen LogP contribution in [0.5, 0.6) is 0 Å². The number of benzene rings is 1. The van der Waals surface area contributed by atoms with E-state index >= 15 is 0 Å². The normalized spacial score (nSPS) is 11.0. The minimum atomic E-state index is -0.139. The Kier molecular flexibility index (Phi) is 5.03. The highest BCUT2D eigenvalue weighted by Gasteiger charge is 2.16. The summed E-state index contributed by atoms with van der Waals surface area (Å²) in [6.07, 6.45) is 7.53. The number of rotatable bonds is 5. The van der Waals surface area contributed by atoms with Gasteiger partial charge in [-0.1, -0.05) is 20.8 Å². The van der Waals surface area contributed by atoms with Gasteiger partial charge >= 0.3 is 0 Å². The summed E-state index contributed by atoms with van der Waals surface area (Å²) < 4.78 is 0.